The van der Waals surface area contributed by atoms with E-state index in [9.17, 15) is 4.79 Å². The SMILES string of the molecule is O=C(O)C1CCn2c(C3CCC3)nc(Br)c2C1. The Morgan fingerprint density at radius 3 is 2.76 bits per heavy atom. The molecule has 1 fully saturated rings. The van der Waals surface area contributed by atoms with Crippen LogP contribution in [-0.4, -0.2) is 20.6 Å². The van der Waals surface area contributed by atoms with Crippen molar-refractivity contribution >= 4 is 21.9 Å². The molecule has 5 heteroatoms. The topological polar surface area (TPSA) is 55.1 Å². The van der Waals surface area contributed by atoms with Crippen molar-refractivity contribution in [3.63, 3.8) is 0 Å². The van der Waals surface area contributed by atoms with Gasteiger partial charge in [0.15, 0.2) is 0 Å². The molecule has 1 aromatic heterocycles. The molecule has 1 aromatic rings. The zero-order chi connectivity index (χ0) is 12.0. The van der Waals surface area contributed by atoms with E-state index in [0.29, 0.717) is 12.3 Å². The smallest absolute Gasteiger partial charge is 0.306 e. The standard InChI is InChI=1S/C12H15BrN2O2/c13-10-9-6-8(12(16)17)4-5-15(9)11(14-10)7-2-1-3-7/h7-8H,1-6H2,(H,16,17). The third kappa shape index (κ3) is 1.80. The van der Waals surface area contributed by atoms with Crippen LogP contribution in [0.2, 0.25) is 0 Å². The normalized spacial score (nSPS) is 24.2. The molecule has 1 N–H and O–H groups in total. The average molecular weight is 299 g/mol. The van der Waals surface area contributed by atoms with Crippen LogP contribution in [0.4, 0.5) is 0 Å². The number of aromatic nitrogens is 2. The molecule has 3 rings (SSSR count). The second-order valence-corrected chi connectivity index (χ2v) is 5.77. The van der Waals surface area contributed by atoms with E-state index >= 15 is 0 Å². The number of fused-ring (bicyclic) bond motifs is 1. The molecule has 0 spiro atoms. The minimum Gasteiger partial charge on any atom is -0.481 e. The number of carboxylic acids is 1. The lowest BCUT2D eigenvalue weighted by molar-refractivity contribution is -0.142. The molecule has 1 atom stereocenters. The minimum absolute atomic E-state index is 0.246. The summed E-state index contributed by atoms with van der Waals surface area (Å²) in [6.07, 6.45) is 5.08. The van der Waals surface area contributed by atoms with Gasteiger partial charge in [-0.1, -0.05) is 6.42 Å². The lowest BCUT2D eigenvalue weighted by Crippen LogP contribution is -2.27. The molecule has 0 aromatic carbocycles. The van der Waals surface area contributed by atoms with Gasteiger partial charge in [-0.15, -0.1) is 0 Å². The van der Waals surface area contributed by atoms with E-state index in [1.807, 2.05) is 0 Å². The Kier molecular flexibility index (Phi) is 2.73. The molecule has 0 amide bonds. The summed E-state index contributed by atoms with van der Waals surface area (Å²) in [7, 11) is 0. The van der Waals surface area contributed by atoms with Crippen molar-refractivity contribution in [3.8, 4) is 0 Å². The Morgan fingerprint density at radius 1 is 1.41 bits per heavy atom. The molecular weight excluding hydrogens is 284 g/mol. The van der Waals surface area contributed by atoms with E-state index in [2.05, 4.69) is 25.5 Å². The fourth-order valence-electron chi connectivity index (χ4n) is 2.73. The number of nitrogens with zero attached hydrogens (tertiary/aromatic N) is 2. The molecule has 2 heterocycles. The van der Waals surface area contributed by atoms with Gasteiger partial charge in [-0.3, -0.25) is 4.79 Å². The molecule has 1 unspecified atom stereocenters. The van der Waals surface area contributed by atoms with E-state index in [1.54, 1.807) is 0 Å². The maximum absolute atomic E-state index is 11.0. The summed E-state index contributed by atoms with van der Waals surface area (Å²) < 4.78 is 3.10. The van der Waals surface area contributed by atoms with Gasteiger partial charge >= 0.3 is 5.97 Å². The van der Waals surface area contributed by atoms with Crippen LogP contribution in [0.5, 0.6) is 0 Å². The van der Waals surface area contributed by atoms with E-state index in [4.69, 9.17) is 5.11 Å². The summed E-state index contributed by atoms with van der Waals surface area (Å²) in [4.78, 5) is 15.6. The number of halogens is 1. The summed E-state index contributed by atoms with van der Waals surface area (Å²) >= 11 is 3.48. The monoisotopic (exact) mass is 298 g/mol. The predicted molar refractivity (Wildman–Crippen MR) is 66.0 cm³/mol. The van der Waals surface area contributed by atoms with Crippen molar-refractivity contribution in [2.75, 3.05) is 0 Å². The largest absolute Gasteiger partial charge is 0.481 e. The van der Waals surface area contributed by atoms with E-state index < -0.39 is 5.97 Å². The molecule has 92 valence electrons. The van der Waals surface area contributed by atoms with Crippen molar-refractivity contribution in [1.82, 2.24) is 9.55 Å². The third-order valence-electron chi connectivity index (χ3n) is 4.01. The minimum atomic E-state index is -0.686. The maximum Gasteiger partial charge on any atom is 0.306 e. The van der Waals surface area contributed by atoms with Crippen LogP contribution >= 0.6 is 15.9 Å². The van der Waals surface area contributed by atoms with Gasteiger partial charge in [0.25, 0.3) is 0 Å². The first-order valence-corrected chi connectivity index (χ1v) is 6.93. The molecule has 4 nitrogen and oxygen atoms in total. The quantitative estimate of drug-likeness (QED) is 0.913. The predicted octanol–water partition coefficient (Wildman–Crippen LogP) is 2.56. The second kappa shape index (κ2) is 4.12. The van der Waals surface area contributed by atoms with Gasteiger partial charge in [-0.05, 0) is 35.2 Å². The van der Waals surface area contributed by atoms with Gasteiger partial charge in [0.05, 0.1) is 11.6 Å². The Hall–Kier alpha value is -0.840. The number of rotatable bonds is 2. The highest BCUT2D eigenvalue weighted by atomic mass is 79.9. The van der Waals surface area contributed by atoms with Gasteiger partial charge in [0.1, 0.15) is 10.4 Å². The fraction of sp³-hybridized carbons (Fsp3) is 0.667. The van der Waals surface area contributed by atoms with E-state index in [-0.39, 0.29) is 5.92 Å². The van der Waals surface area contributed by atoms with Crippen LogP contribution in [0, 0.1) is 5.92 Å². The van der Waals surface area contributed by atoms with Crippen molar-refractivity contribution in [2.24, 2.45) is 5.92 Å². The van der Waals surface area contributed by atoms with Gasteiger partial charge < -0.3 is 9.67 Å². The van der Waals surface area contributed by atoms with E-state index in [1.165, 1.54) is 25.1 Å². The van der Waals surface area contributed by atoms with Crippen molar-refractivity contribution in [2.45, 2.75) is 44.6 Å². The van der Waals surface area contributed by atoms with Crippen molar-refractivity contribution < 1.29 is 9.90 Å². The lowest BCUT2D eigenvalue weighted by Gasteiger charge is -2.28. The molecular formula is C12H15BrN2O2. The summed E-state index contributed by atoms with van der Waals surface area (Å²) in [5.74, 6) is 0.836. The third-order valence-corrected chi connectivity index (χ3v) is 4.65. The highest BCUT2D eigenvalue weighted by Gasteiger charge is 2.32. The zero-order valence-electron chi connectivity index (χ0n) is 9.53. The van der Waals surface area contributed by atoms with Crippen molar-refractivity contribution in [1.29, 1.82) is 0 Å². The Balaban J connectivity index is 1.92. The van der Waals surface area contributed by atoms with E-state index in [0.717, 1.165) is 23.3 Å². The number of carbonyl (C=O) groups is 1. The first-order chi connectivity index (χ1) is 8.16. The molecule has 1 aliphatic carbocycles. The number of hydrogen-bond acceptors (Lipinski definition) is 2. The zero-order valence-corrected chi connectivity index (χ0v) is 11.1. The molecule has 1 aliphatic heterocycles. The summed E-state index contributed by atoms with van der Waals surface area (Å²) in [6.45, 7) is 0.802. The lowest BCUT2D eigenvalue weighted by atomic mass is 9.84. The Bertz CT molecular complexity index is 465. The molecule has 0 bridgehead atoms. The van der Waals surface area contributed by atoms with Gasteiger partial charge in [-0.25, -0.2) is 4.98 Å². The molecule has 1 saturated carbocycles. The molecule has 17 heavy (non-hydrogen) atoms. The molecule has 2 aliphatic rings. The van der Waals surface area contributed by atoms with Crippen LogP contribution in [0.15, 0.2) is 4.60 Å². The maximum atomic E-state index is 11.0. The summed E-state index contributed by atoms with van der Waals surface area (Å²) in [6, 6.07) is 0. The van der Waals surface area contributed by atoms with Gasteiger partial charge in [0, 0.05) is 18.9 Å². The first kappa shape index (κ1) is 11.3. The van der Waals surface area contributed by atoms with Crippen LogP contribution in [0.1, 0.15) is 43.1 Å². The number of aliphatic carboxylic acids is 1. The van der Waals surface area contributed by atoms with Crippen LogP contribution in [0.25, 0.3) is 0 Å². The first-order valence-electron chi connectivity index (χ1n) is 6.14. The summed E-state index contributed by atoms with van der Waals surface area (Å²) in [5, 5.41) is 9.08. The highest BCUT2D eigenvalue weighted by molar-refractivity contribution is 9.10. The fourth-order valence-corrected chi connectivity index (χ4v) is 3.29. The van der Waals surface area contributed by atoms with Crippen LogP contribution < -0.4 is 0 Å². The Labute approximate surface area is 108 Å². The number of imidazole rings is 1. The number of carboxylic acid groups (broad SMARTS) is 1. The van der Waals surface area contributed by atoms with Crippen molar-refractivity contribution in [3.05, 3.63) is 16.1 Å². The molecule has 0 saturated heterocycles. The second-order valence-electron chi connectivity index (χ2n) is 5.01. The van der Waals surface area contributed by atoms with Crippen LogP contribution in [-0.2, 0) is 17.8 Å². The average Bonchev–Trinajstić information content (AvgIpc) is 2.54. The van der Waals surface area contributed by atoms with Gasteiger partial charge in [-0.2, -0.15) is 0 Å². The molecule has 0 radical (unpaired) electrons. The van der Waals surface area contributed by atoms with Gasteiger partial charge in [0.2, 0.25) is 0 Å². The van der Waals surface area contributed by atoms with Crippen LogP contribution in [0.3, 0.4) is 0 Å². The highest BCUT2D eigenvalue weighted by Crippen LogP contribution is 2.39. The Morgan fingerprint density at radius 2 is 2.18 bits per heavy atom. The summed E-state index contributed by atoms with van der Waals surface area (Å²) in [5.41, 5.74) is 1.07. The number of hydrogen-bond donors (Lipinski definition) is 1.